The second-order valence-corrected chi connectivity index (χ2v) is 8.40. The zero-order chi connectivity index (χ0) is 18.3. The predicted octanol–water partition coefficient (Wildman–Crippen LogP) is 1.03. The SMILES string of the molecule is Cn1cccc1[C@@H]1CCC[NH+]1CC(=O)Nc1sc2c(c1C(N)=O)CCC2. The van der Waals surface area contributed by atoms with Gasteiger partial charge in [-0.3, -0.25) is 9.59 Å². The number of carbonyl (C=O) groups excluding carboxylic acids is 2. The van der Waals surface area contributed by atoms with Crippen molar-refractivity contribution in [2.45, 2.75) is 38.1 Å². The number of quaternary nitrogens is 1. The number of anilines is 1. The van der Waals surface area contributed by atoms with Crippen LogP contribution in [0.5, 0.6) is 0 Å². The van der Waals surface area contributed by atoms with Crippen LogP contribution in [0.25, 0.3) is 0 Å². The first-order valence-electron chi connectivity index (χ1n) is 9.24. The van der Waals surface area contributed by atoms with E-state index in [2.05, 4.69) is 35.3 Å². The highest BCUT2D eigenvalue weighted by Crippen LogP contribution is 2.38. The Morgan fingerprint density at radius 2 is 2.23 bits per heavy atom. The minimum absolute atomic E-state index is 0.0384. The first-order chi connectivity index (χ1) is 12.5. The summed E-state index contributed by atoms with van der Waals surface area (Å²) in [6.07, 6.45) is 7.19. The average Bonchev–Trinajstić information content (AvgIpc) is 3.31. The van der Waals surface area contributed by atoms with Crippen molar-refractivity contribution in [3.63, 3.8) is 0 Å². The molecular weight excluding hydrogens is 348 g/mol. The Labute approximate surface area is 157 Å². The van der Waals surface area contributed by atoms with Gasteiger partial charge in [-0.05, 0) is 37.0 Å². The molecule has 2 aliphatic rings. The number of thiophene rings is 1. The van der Waals surface area contributed by atoms with Crippen LogP contribution in [0.3, 0.4) is 0 Å². The quantitative estimate of drug-likeness (QED) is 0.732. The Morgan fingerprint density at radius 3 is 2.96 bits per heavy atom. The normalized spacial score (nSPS) is 21.7. The van der Waals surface area contributed by atoms with Crippen molar-refractivity contribution >= 4 is 28.2 Å². The molecule has 7 heteroatoms. The van der Waals surface area contributed by atoms with Crippen molar-refractivity contribution in [2.24, 2.45) is 12.8 Å². The summed E-state index contributed by atoms with van der Waals surface area (Å²) in [7, 11) is 2.05. The molecular formula is C19H25N4O2S+. The van der Waals surface area contributed by atoms with Gasteiger partial charge in [0.2, 0.25) is 0 Å². The van der Waals surface area contributed by atoms with E-state index in [1.807, 2.05) is 0 Å². The van der Waals surface area contributed by atoms with Gasteiger partial charge in [-0.15, -0.1) is 11.3 Å². The molecule has 1 aliphatic heterocycles. The number of hydrogen-bond acceptors (Lipinski definition) is 3. The minimum Gasteiger partial charge on any atom is -0.365 e. The van der Waals surface area contributed by atoms with E-state index in [1.54, 1.807) is 0 Å². The van der Waals surface area contributed by atoms with Crippen LogP contribution >= 0.6 is 11.3 Å². The number of hydrogen-bond donors (Lipinski definition) is 3. The third kappa shape index (κ3) is 3.05. The van der Waals surface area contributed by atoms with Crippen LogP contribution in [0.4, 0.5) is 5.00 Å². The van der Waals surface area contributed by atoms with Crippen molar-refractivity contribution in [3.05, 3.63) is 40.0 Å². The highest BCUT2D eigenvalue weighted by Gasteiger charge is 2.33. The van der Waals surface area contributed by atoms with Crippen LogP contribution in [0.2, 0.25) is 0 Å². The fourth-order valence-corrected chi connectivity index (χ4v) is 5.76. The fraction of sp³-hybridized carbons (Fsp3) is 0.474. The molecule has 6 nitrogen and oxygen atoms in total. The van der Waals surface area contributed by atoms with Crippen LogP contribution in [0.1, 0.15) is 51.8 Å². The van der Waals surface area contributed by atoms with Gasteiger partial charge in [0.15, 0.2) is 6.54 Å². The number of carbonyl (C=O) groups is 2. The Hall–Kier alpha value is -2.12. The highest BCUT2D eigenvalue weighted by molar-refractivity contribution is 7.17. The molecule has 138 valence electrons. The predicted molar refractivity (Wildman–Crippen MR) is 102 cm³/mol. The summed E-state index contributed by atoms with van der Waals surface area (Å²) >= 11 is 1.52. The number of amides is 2. The second-order valence-electron chi connectivity index (χ2n) is 7.30. The first-order valence-corrected chi connectivity index (χ1v) is 10.1. The number of likely N-dealkylation sites (tertiary alicyclic amines) is 1. The Bertz CT molecular complexity index is 854. The van der Waals surface area contributed by atoms with Crippen LogP contribution in [0, 0.1) is 0 Å². The average molecular weight is 374 g/mol. The summed E-state index contributed by atoms with van der Waals surface area (Å²) in [5, 5.41) is 3.62. The van der Waals surface area contributed by atoms with E-state index in [4.69, 9.17) is 5.73 Å². The lowest BCUT2D eigenvalue weighted by molar-refractivity contribution is -0.910. The summed E-state index contributed by atoms with van der Waals surface area (Å²) < 4.78 is 2.14. The first kappa shape index (κ1) is 17.3. The molecule has 2 aromatic heterocycles. The standard InChI is InChI=1S/C19H24N4O2S/c1-22-9-3-6-13(22)14-7-4-10-23(14)11-16(24)21-19-17(18(20)25)12-5-2-8-15(12)26-19/h3,6,9,14H,2,4-5,7-8,10-11H2,1H3,(H2,20,25)(H,21,24)/p+1/t14-/m0/s1. The van der Waals surface area contributed by atoms with Gasteiger partial charge in [-0.2, -0.15) is 0 Å². The lowest BCUT2D eigenvalue weighted by Crippen LogP contribution is -3.11. The van der Waals surface area contributed by atoms with Crippen LogP contribution < -0.4 is 16.0 Å². The van der Waals surface area contributed by atoms with Gasteiger partial charge in [0.1, 0.15) is 11.0 Å². The van der Waals surface area contributed by atoms with E-state index in [0.29, 0.717) is 23.2 Å². The molecule has 26 heavy (non-hydrogen) atoms. The molecule has 0 bridgehead atoms. The number of rotatable bonds is 5. The van der Waals surface area contributed by atoms with Crippen molar-refractivity contribution in [1.29, 1.82) is 0 Å². The zero-order valence-corrected chi connectivity index (χ0v) is 15.8. The van der Waals surface area contributed by atoms with Crippen molar-refractivity contribution in [3.8, 4) is 0 Å². The zero-order valence-electron chi connectivity index (χ0n) is 15.0. The molecule has 1 aliphatic carbocycles. The summed E-state index contributed by atoms with van der Waals surface area (Å²) in [5.74, 6) is -0.474. The van der Waals surface area contributed by atoms with E-state index < -0.39 is 5.91 Å². The van der Waals surface area contributed by atoms with E-state index in [9.17, 15) is 9.59 Å². The third-order valence-electron chi connectivity index (χ3n) is 5.63. The largest absolute Gasteiger partial charge is 0.365 e. The molecule has 3 heterocycles. The Morgan fingerprint density at radius 1 is 1.38 bits per heavy atom. The molecule has 0 radical (unpaired) electrons. The lowest BCUT2D eigenvalue weighted by atomic mass is 10.1. The minimum atomic E-state index is -0.435. The Kier molecular flexibility index (Phi) is 4.58. The maximum Gasteiger partial charge on any atom is 0.280 e. The maximum absolute atomic E-state index is 12.7. The van der Waals surface area contributed by atoms with Crippen LogP contribution in [-0.2, 0) is 24.7 Å². The van der Waals surface area contributed by atoms with Crippen molar-refractivity contribution in [1.82, 2.24) is 4.57 Å². The van der Waals surface area contributed by atoms with Gasteiger partial charge in [0, 0.05) is 31.0 Å². The number of fused-ring (bicyclic) bond motifs is 1. The molecule has 4 rings (SSSR count). The van der Waals surface area contributed by atoms with Crippen molar-refractivity contribution in [2.75, 3.05) is 18.4 Å². The lowest BCUT2D eigenvalue weighted by Gasteiger charge is -2.21. The van der Waals surface area contributed by atoms with E-state index >= 15 is 0 Å². The number of aryl methyl sites for hydroxylation is 2. The number of aromatic nitrogens is 1. The molecule has 1 saturated heterocycles. The Balaban J connectivity index is 1.48. The van der Waals surface area contributed by atoms with E-state index in [0.717, 1.165) is 44.2 Å². The van der Waals surface area contributed by atoms with Gasteiger partial charge in [-0.25, -0.2) is 0 Å². The van der Waals surface area contributed by atoms with E-state index in [1.165, 1.54) is 26.8 Å². The smallest absolute Gasteiger partial charge is 0.280 e. The molecule has 1 unspecified atom stereocenters. The van der Waals surface area contributed by atoms with Crippen molar-refractivity contribution < 1.29 is 14.5 Å². The van der Waals surface area contributed by atoms with Gasteiger partial charge < -0.3 is 20.5 Å². The summed E-state index contributed by atoms with van der Waals surface area (Å²) in [4.78, 5) is 27.1. The molecule has 2 atom stereocenters. The summed E-state index contributed by atoms with van der Waals surface area (Å²) in [6.45, 7) is 1.41. The monoisotopic (exact) mass is 373 g/mol. The molecule has 0 saturated carbocycles. The van der Waals surface area contributed by atoms with Gasteiger partial charge >= 0.3 is 0 Å². The number of nitrogens with one attached hydrogen (secondary N) is 2. The molecule has 0 aromatic carbocycles. The van der Waals surface area contributed by atoms with Gasteiger partial charge in [0.25, 0.3) is 11.8 Å². The topological polar surface area (TPSA) is 81.6 Å². The van der Waals surface area contributed by atoms with Crippen LogP contribution in [0.15, 0.2) is 18.3 Å². The molecule has 2 amide bonds. The maximum atomic E-state index is 12.7. The van der Waals surface area contributed by atoms with Gasteiger partial charge in [-0.1, -0.05) is 0 Å². The molecule has 2 aromatic rings. The number of primary amides is 1. The number of nitrogens with zero attached hydrogens (tertiary/aromatic N) is 1. The second kappa shape index (κ2) is 6.89. The molecule has 1 fully saturated rings. The number of nitrogens with two attached hydrogens (primary N) is 1. The molecule has 0 spiro atoms. The van der Waals surface area contributed by atoms with E-state index in [-0.39, 0.29) is 5.91 Å². The summed E-state index contributed by atoms with van der Waals surface area (Å²) in [6, 6.07) is 4.55. The highest BCUT2D eigenvalue weighted by atomic mass is 32.1. The summed E-state index contributed by atoms with van der Waals surface area (Å²) in [5.41, 5.74) is 8.44. The third-order valence-corrected chi connectivity index (χ3v) is 6.84. The van der Waals surface area contributed by atoms with Gasteiger partial charge in [0.05, 0.1) is 17.8 Å². The van der Waals surface area contributed by atoms with Crippen LogP contribution in [-0.4, -0.2) is 29.5 Å². The fourth-order valence-electron chi connectivity index (χ4n) is 4.45. The molecule has 4 N–H and O–H groups in total.